The fraction of sp³-hybridized carbons (Fsp3) is 0.250. The number of nitrogens with zero attached hydrogens (tertiary/aromatic N) is 1. The van der Waals surface area contributed by atoms with Gasteiger partial charge in [-0.25, -0.2) is 9.37 Å². The number of nitrogens with one attached hydrogen (secondary N) is 1. The summed E-state index contributed by atoms with van der Waals surface area (Å²) in [6.07, 6.45) is 0. The van der Waals surface area contributed by atoms with Crippen molar-refractivity contribution >= 4 is 17.0 Å². The second-order valence-electron chi connectivity index (χ2n) is 3.82. The molecule has 2 aromatic rings. The van der Waals surface area contributed by atoms with Gasteiger partial charge in [-0.3, -0.25) is 0 Å². The molecule has 0 amide bonds. The van der Waals surface area contributed by atoms with Crippen LogP contribution in [0.2, 0.25) is 0 Å². The number of aromatic nitrogens is 1. The maximum atomic E-state index is 13.1. The van der Waals surface area contributed by atoms with E-state index in [0.717, 1.165) is 10.7 Å². The minimum absolute atomic E-state index is 0.00360. The molecule has 0 fully saturated rings. The van der Waals surface area contributed by atoms with Crippen LogP contribution in [0.4, 0.5) is 10.1 Å². The molecule has 3 nitrogen and oxygen atoms in total. The van der Waals surface area contributed by atoms with Crippen LogP contribution in [-0.2, 0) is 0 Å². The van der Waals surface area contributed by atoms with Gasteiger partial charge in [0.05, 0.1) is 16.7 Å². The molecule has 0 saturated carbocycles. The molecule has 2 rings (SSSR count). The topological polar surface area (TPSA) is 45.2 Å². The van der Waals surface area contributed by atoms with E-state index in [9.17, 15) is 4.39 Å². The van der Waals surface area contributed by atoms with E-state index in [2.05, 4.69) is 10.3 Å². The van der Waals surface area contributed by atoms with Crippen LogP contribution in [0.15, 0.2) is 23.6 Å². The highest BCUT2D eigenvalue weighted by Crippen LogP contribution is 2.24. The fourth-order valence-corrected chi connectivity index (χ4v) is 2.21. The Bertz CT molecular complexity index is 527. The first-order valence-corrected chi connectivity index (χ1v) is 6.11. The van der Waals surface area contributed by atoms with Crippen molar-refractivity contribution in [2.75, 3.05) is 5.32 Å². The van der Waals surface area contributed by atoms with E-state index >= 15 is 0 Å². The largest absolute Gasteiger partial charge is 0.505 e. The van der Waals surface area contributed by atoms with Gasteiger partial charge in [0.1, 0.15) is 0 Å². The summed E-state index contributed by atoms with van der Waals surface area (Å²) < 4.78 is 13.1. The van der Waals surface area contributed by atoms with E-state index in [-0.39, 0.29) is 11.8 Å². The zero-order valence-electron chi connectivity index (χ0n) is 9.57. The molecule has 17 heavy (non-hydrogen) atoms. The second kappa shape index (κ2) is 4.71. The Kier molecular flexibility index (Phi) is 3.28. The standard InChI is InChI=1S/C12H13FN2OS/c1-7(11-6-17-8(2)15-11)14-9-3-4-12(16)10(13)5-9/h3-7,14,16H,1-2H3. The number of halogens is 1. The van der Waals surface area contributed by atoms with Crippen LogP contribution in [0.1, 0.15) is 23.7 Å². The number of benzene rings is 1. The molecule has 90 valence electrons. The van der Waals surface area contributed by atoms with Crippen molar-refractivity contribution in [3.63, 3.8) is 0 Å². The molecule has 5 heteroatoms. The maximum Gasteiger partial charge on any atom is 0.166 e. The van der Waals surface area contributed by atoms with Crippen LogP contribution in [0.25, 0.3) is 0 Å². The number of hydrogen-bond donors (Lipinski definition) is 2. The third-order valence-electron chi connectivity index (χ3n) is 2.41. The molecule has 0 aliphatic heterocycles. The van der Waals surface area contributed by atoms with Gasteiger partial charge >= 0.3 is 0 Å². The van der Waals surface area contributed by atoms with Crippen molar-refractivity contribution in [2.45, 2.75) is 19.9 Å². The average Bonchev–Trinajstić information content (AvgIpc) is 2.70. The van der Waals surface area contributed by atoms with Gasteiger partial charge in [0.2, 0.25) is 0 Å². The van der Waals surface area contributed by atoms with Crippen LogP contribution in [0.3, 0.4) is 0 Å². The first-order chi connectivity index (χ1) is 8.06. The van der Waals surface area contributed by atoms with Gasteiger partial charge in [-0.05, 0) is 26.0 Å². The Morgan fingerprint density at radius 3 is 2.82 bits per heavy atom. The quantitative estimate of drug-likeness (QED) is 0.822. The molecule has 0 bridgehead atoms. The minimum Gasteiger partial charge on any atom is -0.505 e. The summed E-state index contributed by atoms with van der Waals surface area (Å²) in [6.45, 7) is 3.90. The van der Waals surface area contributed by atoms with E-state index in [4.69, 9.17) is 5.11 Å². The van der Waals surface area contributed by atoms with E-state index in [1.165, 1.54) is 12.1 Å². The van der Waals surface area contributed by atoms with Crippen LogP contribution in [0, 0.1) is 12.7 Å². The lowest BCUT2D eigenvalue weighted by Crippen LogP contribution is -2.07. The summed E-state index contributed by atoms with van der Waals surface area (Å²) in [5.74, 6) is -0.968. The lowest BCUT2D eigenvalue weighted by atomic mass is 10.2. The highest BCUT2D eigenvalue weighted by molar-refractivity contribution is 7.09. The number of aromatic hydroxyl groups is 1. The Morgan fingerprint density at radius 1 is 1.47 bits per heavy atom. The van der Waals surface area contributed by atoms with Crippen molar-refractivity contribution in [3.8, 4) is 5.75 Å². The lowest BCUT2D eigenvalue weighted by molar-refractivity contribution is 0.432. The SMILES string of the molecule is Cc1nc(C(C)Nc2ccc(O)c(F)c2)cs1. The Hall–Kier alpha value is -1.62. The smallest absolute Gasteiger partial charge is 0.166 e. The van der Waals surface area contributed by atoms with Gasteiger partial charge < -0.3 is 10.4 Å². The molecule has 1 heterocycles. The number of phenols is 1. The minimum atomic E-state index is -0.628. The van der Waals surface area contributed by atoms with E-state index in [1.807, 2.05) is 19.2 Å². The number of aryl methyl sites for hydroxylation is 1. The summed E-state index contributed by atoms with van der Waals surface area (Å²) in [4.78, 5) is 4.36. The van der Waals surface area contributed by atoms with Gasteiger partial charge in [-0.15, -0.1) is 11.3 Å². The molecule has 0 aliphatic rings. The number of rotatable bonds is 3. The third-order valence-corrected chi connectivity index (χ3v) is 3.20. The summed E-state index contributed by atoms with van der Waals surface area (Å²) in [5.41, 5.74) is 1.56. The van der Waals surface area contributed by atoms with Crippen molar-refractivity contribution in [2.24, 2.45) is 0 Å². The van der Waals surface area contributed by atoms with E-state index in [0.29, 0.717) is 5.69 Å². The monoisotopic (exact) mass is 252 g/mol. The summed E-state index contributed by atoms with van der Waals surface area (Å²) in [6, 6.07) is 4.24. The number of anilines is 1. The van der Waals surface area contributed by atoms with Crippen LogP contribution in [-0.4, -0.2) is 10.1 Å². The van der Waals surface area contributed by atoms with Gasteiger partial charge in [0.15, 0.2) is 11.6 Å². The van der Waals surface area contributed by atoms with Crippen LogP contribution in [0.5, 0.6) is 5.75 Å². The molecule has 0 aliphatic carbocycles. The van der Waals surface area contributed by atoms with E-state index in [1.54, 1.807) is 17.4 Å². The van der Waals surface area contributed by atoms with Crippen LogP contribution < -0.4 is 5.32 Å². The zero-order valence-corrected chi connectivity index (χ0v) is 10.4. The zero-order chi connectivity index (χ0) is 12.4. The van der Waals surface area contributed by atoms with E-state index < -0.39 is 5.82 Å². The van der Waals surface area contributed by atoms with Crippen molar-refractivity contribution in [1.82, 2.24) is 4.98 Å². The molecule has 0 saturated heterocycles. The molecule has 1 unspecified atom stereocenters. The molecule has 1 atom stereocenters. The van der Waals surface area contributed by atoms with Crippen molar-refractivity contribution in [3.05, 3.63) is 40.1 Å². The summed E-state index contributed by atoms with van der Waals surface area (Å²) >= 11 is 1.58. The van der Waals surface area contributed by atoms with Gasteiger partial charge in [0, 0.05) is 17.1 Å². The molecular weight excluding hydrogens is 239 g/mol. The Balaban J connectivity index is 2.12. The van der Waals surface area contributed by atoms with Gasteiger partial charge in [0.25, 0.3) is 0 Å². The second-order valence-corrected chi connectivity index (χ2v) is 4.89. The first kappa shape index (κ1) is 11.9. The molecule has 2 N–H and O–H groups in total. The average molecular weight is 252 g/mol. The normalized spacial score (nSPS) is 12.4. The highest BCUT2D eigenvalue weighted by atomic mass is 32.1. The Labute approximate surface area is 103 Å². The molecule has 1 aromatic heterocycles. The molecule has 0 radical (unpaired) electrons. The van der Waals surface area contributed by atoms with Crippen LogP contribution >= 0.6 is 11.3 Å². The predicted molar refractivity (Wildman–Crippen MR) is 67.0 cm³/mol. The number of thiazole rings is 1. The predicted octanol–water partition coefficient (Wildman–Crippen LogP) is 3.47. The van der Waals surface area contributed by atoms with Crippen molar-refractivity contribution < 1.29 is 9.50 Å². The summed E-state index contributed by atoms with van der Waals surface area (Å²) in [7, 11) is 0. The molecular formula is C12H13FN2OS. The first-order valence-electron chi connectivity index (χ1n) is 5.23. The highest BCUT2D eigenvalue weighted by Gasteiger charge is 2.09. The van der Waals surface area contributed by atoms with Crippen molar-refractivity contribution in [1.29, 1.82) is 0 Å². The van der Waals surface area contributed by atoms with Gasteiger partial charge in [-0.2, -0.15) is 0 Å². The number of phenolic OH excluding ortho intramolecular Hbond substituents is 1. The number of hydrogen-bond acceptors (Lipinski definition) is 4. The molecule has 1 aromatic carbocycles. The maximum absolute atomic E-state index is 13.1. The molecule has 0 spiro atoms. The van der Waals surface area contributed by atoms with Gasteiger partial charge in [-0.1, -0.05) is 0 Å². The summed E-state index contributed by atoms with van der Waals surface area (Å²) in [5, 5.41) is 15.2. The Morgan fingerprint density at radius 2 is 2.24 bits per heavy atom. The lowest BCUT2D eigenvalue weighted by Gasteiger charge is -2.13. The third kappa shape index (κ3) is 2.74. The fourth-order valence-electron chi connectivity index (χ4n) is 1.50.